The fourth-order valence-corrected chi connectivity index (χ4v) is 6.67. The van der Waals surface area contributed by atoms with Gasteiger partial charge in [0.2, 0.25) is 0 Å². The summed E-state index contributed by atoms with van der Waals surface area (Å²) < 4.78 is 46.2. The van der Waals surface area contributed by atoms with E-state index < -0.39 is 25.6 Å². The molecule has 3 rings (SSSR count). The number of sulfone groups is 2. The van der Waals surface area contributed by atoms with Crippen molar-refractivity contribution in [1.82, 2.24) is 10.3 Å². The van der Waals surface area contributed by atoms with Gasteiger partial charge in [0.15, 0.2) is 19.7 Å². The second-order valence-electron chi connectivity index (χ2n) is 6.64. The predicted molar refractivity (Wildman–Crippen MR) is 94.2 cm³/mol. The van der Waals surface area contributed by atoms with Gasteiger partial charge in [-0.3, -0.25) is 9.78 Å². The van der Waals surface area contributed by atoms with Gasteiger partial charge >= 0.3 is 0 Å². The van der Waals surface area contributed by atoms with Crippen molar-refractivity contribution in [2.75, 3.05) is 35.0 Å². The fourth-order valence-electron chi connectivity index (χ4n) is 3.22. The third kappa shape index (κ3) is 4.30. The maximum Gasteiger partial charge on any atom is 0.270 e. The van der Waals surface area contributed by atoms with Crippen LogP contribution in [-0.4, -0.2) is 69.9 Å². The van der Waals surface area contributed by atoms with Gasteiger partial charge in [-0.1, -0.05) is 0 Å². The zero-order chi connectivity index (χ0) is 18.2. The van der Waals surface area contributed by atoms with Crippen LogP contribution < -0.4 is 10.2 Å². The lowest BCUT2D eigenvalue weighted by Crippen LogP contribution is -2.36. The summed E-state index contributed by atoms with van der Waals surface area (Å²) in [4.78, 5) is 18.2. The number of hydrogen-bond donors (Lipinski definition) is 1. The Morgan fingerprint density at radius 3 is 2.44 bits per heavy atom. The summed E-state index contributed by atoms with van der Waals surface area (Å²) in [6, 6.07) is 2.81. The highest BCUT2D eigenvalue weighted by Crippen LogP contribution is 2.23. The first-order valence-corrected chi connectivity index (χ1v) is 11.7. The summed E-state index contributed by atoms with van der Waals surface area (Å²) in [6.07, 6.45) is 2.46. The van der Waals surface area contributed by atoms with E-state index in [1.54, 1.807) is 19.2 Å². The molecule has 1 amide bonds. The third-order valence-electron chi connectivity index (χ3n) is 4.71. The number of anilines is 1. The number of rotatable bonds is 4. The molecule has 3 heterocycles. The molecular weight excluding hydrogens is 366 g/mol. The Balaban J connectivity index is 1.70. The number of nitrogens with one attached hydrogen (secondary N) is 1. The Morgan fingerprint density at radius 1 is 1.16 bits per heavy atom. The zero-order valence-corrected chi connectivity index (χ0v) is 15.5. The van der Waals surface area contributed by atoms with Crippen LogP contribution >= 0.6 is 0 Å². The highest BCUT2D eigenvalue weighted by molar-refractivity contribution is 7.91. The van der Waals surface area contributed by atoms with E-state index in [4.69, 9.17) is 0 Å². The first-order valence-electron chi connectivity index (χ1n) is 8.06. The largest absolute Gasteiger partial charge is 0.370 e. The Hall–Kier alpha value is -1.68. The van der Waals surface area contributed by atoms with Gasteiger partial charge in [-0.25, -0.2) is 16.8 Å². The minimum Gasteiger partial charge on any atom is -0.370 e. The van der Waals surface area contributed by atoms with E-state index >= 15 is 0 Å². The van der Waals surface area contributed by atoms with Crippen molar-refractivity contribution in [2.24, 2.45) is 0 Å². The highest BCUT2D eigenvalue weighted by Gasteiger charge is 2.32. The monoisotopic (exact) mass is 387 g/mol. The number of nitrogens with zero attached hydrogens (tertiary/aromatic N) is 2. The van der Waals surface area contributed by atoms with Crippen LogP contribution in [0.1, 0.15) is 23.3 Å². The number of pyridine rings is 1. The topological polar surface area (TPSA) is 114 Å². The van der Waals surface area contributed by atoms with Crippen LogP contribution in [0.3, 0.4) is 0 Å². The second kappa shape index (κ2) is 6.56. The van der Waals surface area contributed by atoms with Gasteiger partial charge in [0.25, 0.3) is 5.91 Å². The van der Waals surface area contributed by atoms with Crippen molar-refractivity contribution in [3.63, 3.8) is 0 Å². The lowest BCUT2D eigenvalue weighted by atomic mass is 10.2. The second-order valence-corrected chi connectivity index (χ2v) is 11.1. The van der Waals surface area contributed by atoms with Gasteiger partial charge in [0.05, 0.1) is 23.0 Å². The predicted octanol–water partition coefficient (Wildman–Crippen LogP) is -0.378. The minimum atomic E-state index is -3.07. The van der Waals surface area contributed by atoms with Crippen molar-refractivity contribution < 1.29 is 21.6 Å². The maximum absolute atomic E-state index is 12.3. The molecule has 1 aromatic heterocycles. The standard InChI is InChI=1S/C15H21N3O5S2/c1-18(13-4-7-25(22,23)10-13)12-2-5-16-14(8-12)15(19)17-11-3-6-24(20,21)9-11/h2,5,8,11,13H,3-4,6-7,9-10H2,1H3,(H,17,19). The number of aromatic nitrogens is 1. The molecule has 2 fully saturated rings. The van der Waals surface area contributed by atoms with Crippen LogP contribution in [0.2, 0.25) is 0 Å². The van der Waals surface area contributed by atoms with Crippen LogP contribution in [0.5, 0.6) is 0 Å². The van der Waals surface area contributed by atoms with Gasteiger partial charge in [-0.15, -0.1) is 0 Å². The summed E-state index contributed by atoms with van der Waals surface area (Å²) in [6.45, 7) is 0. The first kappa shape index (κ1) is 18.1. The van der Waals surface area contributed by atoms with Gasteiger partial charge in [-0.2, -0.15) is 0 Å². The lowest BCUT2D eigenvalue weighted by molar-refractivity contribution is 0.0936. The lowest BCUT2D eigenvalue weighted by Gasteiger charge is -2.25. The molecule has 1 aromatic rings. The van der Waals surface area contributed by atoms with Crippen LogP contribution in [0.15, 0.2) is 18.3 Å². The molecule has 2 saturated heterocycles. The van der Waals surface area contributed by atoms with Crippen LogP contribution in [0.4, 0.5) is 5.69 Å². The van der Waals surface area contributed by atoms with E-state index in [1.807, 2.05) is 4.90 Å². The van der Waals surface area contributed by atoms with E-state index in [2.05, 4.69) is 10.3 Å². The van der Waals surface area contributed by atoms with E-state index in [-0.39, 0.29) is 40.8 Å². The molecule has 0 aliphatic carbocycles. The molecular formula is C15H21N3O5S2. The molecule has 25 heavy (non-hydrogen) atoms. The zero-order valence-electron chi connectivity index (χ0n) is 13.9. The molecule has 10 heteroatoms. The normalized spacial score (nSPS) is 27.1. The Labute approximate surface area is 147 Å². The minimum absolute atomic E-state index is 0.0434. The summed E-state index contributed by atoms with van der Waals surface area (Å²) in [5, 5.41) is 2.70. The molecule has 0 saturated carbocycles. The highest BCUT2D eigenvalue weighted by atomic mass is 32.2. The average molecular weight is 387 g/mol. The number of amides is 1. The van der Waals surface area contributed by atoms with E-state index in [0.717, 1.165) is 0 Å². The number of carbonyl (C=O) groups is 1. The Bertz CT molecular complexity index is 882. The van der Waals surface area contributed by atoms with Gasteiger partial charge in [0, 0.05) is 31.0 Å². The van der Waals surface area contributed by atoms with E-state index in [0.29, 0.717) is 18.5 Å². The maximum atomic E-state index is 12.3. The summed E-state index contributed by atoms with van der Waals surface area (Å²) in [7, 11) is -4.26. The molecule has 2 atom stereocenters. The third-order valence-corrected chi connectivity index (χ3v) is 8.23. The van der Waals surface area contributed by atoms with E-state index in [9.17, 15) is 21.6 Å². The first-order chi connectivity index (χ1) is 11.7. The van der Waals surface area contributed by atoms with Crippen LogP contribution in [-0.2, 0) is 19.7 Å². The van der Waals surface area contributed by atoms with Crippen molar-refractivity contribution in [3.8, 4) is 0 Å². The molecule has 2 aliphatic heterocycles. The van der Waals surface area contributed by atoms with Gasteiger partial charge in [0.1, 0.15) is 5.69 Å². The smallest absolute Gasteiger partial charge is 0.270 e. The van der Waals surface area contributed by atoms with Crippen LogP contribution in [0, 0.1) is 0 Å². The Morgan fingerprint density at radius 2 is 1.84 bits per heavy atom. The molecule has 2 unspecified atom stereocenters. The Kier molecular flexibility index (Phi) is 4.76. The molecule has 8 nitrogen and oxygen atoms in total. The van der Waals surface area contributed by atoms with Crippen LogP contribution in [0.25, 0.3) is 0 Å². The van der Waals surface area contributed by atoms with Crippen molar-refractivity contribution in [1.29, 1.82) is 0 Å². The summed E-state index contributed by atoms with van der Waals surface area (Å²) in [5.41, 5.74) is 0.899. The van der Waals surface area contributed by atoms with Gasteiger partial charge < -0.3 is 10.2 Å². The average Bonchev–Trinajstić information content (AvgIpc) is 3.08. The summed E-state index contributed by atoms with van der Waals surface area (Å²) in [5.74, 6) is -0.0942. The van der Waals surface area contributed by atoms with Gasteiger partial charge in [-0.05, 0) is 25.0 Å². The molecule has 0 radical (unpaired) electrons. The molecule has 138 valence electrons. The molecule has 2 aliphatic rings. The SMILES string of the molecule is CN(c1ccnc(C(=O)NC2CCS(=O)(=O)C2)c1)C1CCS(=O)(=O)C1. The quantitative estimate of drug-likeness (QED) is 0.749. The van der Waals surface area contributed by atoms with Crippen molar-refractivity contribution in [3.05, 3.63) is 24.0 Å². The van der Waals surface area contributed by atoms with E-state index in [1.165, 1.54) is 6.20 Å². The van der Waals surface area contributed by atoms with Crippen molar-refractivity contribution >= 4 is 31.3 Å². The fraction of sp³-hybridized carbons (Fsp3) is 0.600. The molecule has 0 spiro atoms. The molecule has 1 N–H and O–H groups in total. The summed E-state index contributed by atoms with van der Waals surface area (Å²) >= 11 is 0. The van der Waals surface area contributed by atoms with Crippen molar-refractivity contribution in [2.45, 2.75) is 24.9 Å². The molecule has 0 aromatic carbocycles. The number of carbonyl (C=O) groups excluding carboxylic acids is 1. The molecule has 0 bridgehead atoms. The number of hydrogen-bond acceptors (Lipinski definition) is 7.